The van der Waals surface area contributed by atoms with Crippen LogP contribution in [-0.4, -0.2) is 28.8 Å². The van der Waals surface area contributed by atoms with Crippen molar-refractivity contribution in [1.82, 2.24) is 15.2 Å². The minimum atomic E-state index is -0.0434. The van der Waals surface area contributed by atoms with Crippen LogP contribution in [0, 0.1) is 6.92 Å². The lowest BCUT2D eigenvalue weighted by Gasteiger charge is -2.14. The van der Waals surface area contributed by atoms with E-state index >= 15 is 0 Å². The van der Waals surface area contributed by atoms with Gasteiger partial charge in [0.25, 0.3) is 0 Å². The molecule has 0 unspecified atom stereocenters. The van der Waals surface area contributed by atoms with Gasteiger partial charge in [0.05, 0.1) is 6.20 Å². The molecular formula is C15H16N4O2S. The third-order valence-electron chi connectivity index (χ3n) is 3.14. The molecule has 114 valence electrons. The molecule has 3 rings (SSSR count). The highest BCUT2D eigenvalue weighted by molar-refractivity contribution is 7.10. The van der Waals surface area contributed by atoms with Gasteiger partial charge in [-0.15, -0.1) is 16.4 Å². The molecule has 1 atom stereocenters. The van der Waals surface area contributed by atoms with Gasteiger partial charge in [0, 0.05) is 18.5 Å². The van der Waals surface area contributed by atoms with Crippen LogP contribution in [0.1, 0.15) is 16.7 Å². The van der Waals surface area contributed by atoms with Crippen molar-refractivity contribution in [2.75, 3.05) is 19.0 Å². The first-order chi connectivity index (χ1) is 10.8. The fraction of sp³-hybridized carbons (Fsp3) is 0.267. The molecule has 6 nitrogen and oxygen atoms in total. The van der Waals surface area contributed by atoms with Gasteiger partial charge in [-0.1, -0.05) is 6.07 Å². The summed E-state index contributed by atoms with van der Waals surface area (Å²) >= 11 is 1.66. The molecule has 7 heteroatoms. The fourth-order valence-electron chi connectivity index (χ4n) is 2.03. The van der Waals surface area contributed by atoms with E-state index in [1.54, 1.807) is 24.6 Å². The first-order valence-corrected chi connectivity index (χ1v) is 7.71. The Morgan fingerprint density at radius 3 is 2.95 bits per heavy atom. The van der Waals surface area contributed by atoms with Crippen LogP contribution in [0.3, 0.4) is 0 Å². The van der Waals surface area contributed by atoms with Crippen molar-refractivity contribution in [1.29, 1.82) is 0 Å². The van der Waals surface area contributed by atoms with Crippen LogP contribution in [0.5, 0.6) is 0 Å². The Bertz CT molecular complexity index is 727. The molecule has 0 amide bonds. The van der Waals surface area contributed by atoms with Gasteiger partial charge in [-0.25, -0.2) is 4.98 Å². The number of aromatic nitrogens is 3. The number of methoxy groups -OCH3 is 1. The number of hydrogen-bond acceptors (Lipinski definition) is 7. The number of ether oxygens (including phenoxy) is 1. The zero-order chi connectivity index (χ0) is 15.4. The third-order valence-corrected chi connectivity index (χ3v) is 4.11. The van der Waals surface area contributed by atoms with Gasteiger partial charge in [-0.05, 0) is 30.5 Å². The van der Waals surface area contributed by atoms with E-state index in [4.69, 9.17) is 9.15 Å². The zero-order valence-corrected chi connectivity index (χ0v) is 13.1. The number of thiophene rings is 1. The predicted molar refractivity (Wildman–Crippen MR) is 84.8 cm³/mol. The molecule has 3 heterocycles. The van der Waals surface area contributed by atoms with Crippen LogP contribution in [0.2, 0.25) is 0 Å². The number of furan rings is 1. The first-order valence-electron chi connectivity index (χ1n) is 6.83. The summed E-state index contributed by atoms with van der Waals surface area (Å²) in [7, 11) is 1.69. The monoisotopic (exact) mass is 316 g/mol. The van der Waals surface area contributed by atoms with Gasteiger partial charge in [-0.3, -0.25) is 0 Å². The molecule has 1 N–H and O–H groups in total. The van der Waals surface area contributed by atoms with E-state index in [0.717, 1.165) is 10.6 Å². The van der Waals surface area contributed by atoms with Gasteiger partial charge < -0.3 is 14.5 Å². The SMILES string of the molecule is CO[C@@H](CNc1nncc(-c2ccc(C)o2)n1)c1cccs1. The third kappa shape index (κ3) is 3.32. The zero-order valence-electron chi connectivity index (χ0n) is 12.3. The van der Waals surface area contributed by atoms with Gasteiger partial charge in [-0.2, -0.15) is 5.10 Å². The molecule has 0 spiro atoms. The molecule has 0 aliphatic carbocycles. The summed E-state index contributed by atoms with van der Waals surface area (Å²) in [6.45, 7) is 2.46. The lowest BCUT2D eigenvalue weighted by Crippen LogP contribution is -2.15. The predicted octanol–water partition coefficient (Wildman–Crippen LogP) is 3.30. The minimum Gasteiger partial charge on any atom is -0.460 e. The lowest BCUT2D eigenvalue weighted by molar-refractivity contribution is 0.117. The van der Waals surface area contributed by atoms with Gasteiger partial charge >= 0.3 is 0 Å². The van der Waals surface area contributed by atoms with Crippen molar-refractivity contribution >= 4 is 17.3 Å². The largest absolute Gasteiger partial charge is 0.460 e. The maximum Gasteiger partial charge on any atom is 0.243 e. The summed E-state index contributed by atoms with van der Waals surface area (Å²) in [6, 6.07) is 7.81. The second-order valence-corrected chi connectivity index (χ2v) is 5.68. The summed E-state index contributed by atoms with van der Waals surface area (Å²) in [5.74, 6) is 1.96. The van der Waals surface area contributed by atoms with Crippen LogP contribution < -0.4 is 5.32 Å². The topological polar surface area (TPSA) is 73.1 Å². The molecule has 0 aromatic carbocycles. The molecule has 22 heavy (non-hydrogen) atoms. The molecule has 3 aromatic heterocycles. The van der Waals surface area contributed by atoms with E-state index in [0.29, 0.717) is 23.9 Å². The number of nitrogens with one attached hydrogen (secondary N) is 1. The van der Waals surface area contributed by atoms with Crippen LogP contribution in [0.15, 0.2) is 40.3 Å². The number of rotatable bonds is 6. The van der Waals surface area contributed by atoms with E-state index < -0.39 is 0 Å². The van der Waals surface area contributed by atoms with Crippen molar-refractivity contribution in [2.45, 2.75) is 13.0 Å². The molecule has 3 aromatic rings. The summed E-state index contributed by atoms with van der Waals surface area (Å²) in [6.07, 6.45) is 1.54. The van der Waals surface area contributed by atoms with E-state index in [2.05, 4.69) is 20.5 Å². The Morgan fingerprint density at radius 1 is 1.36 bits per heavy atom. The molecule has 0 saturated heterocycles. The van der Waals surface area contributed by atoms with Crippen LogP contribution in [0.4, 0.5) is 5.95 Å². The Morgan fingerprint density at radius 2 is 2.27 bits per heavy atom. The summed E-state index contributed by atoms with van der Waals surface area (Å²) in [5.41, 5.74) is 0.649. The van der Waals surface area contributed by atoms with Crippen molar-refractivity contribution < 1.29 is 9.15 Å². The highest BCUT2D eigenvalue weighted by Crippen LogP contribution is 2.23. The fourth-order valence-corrected chi connectivity index (χ4v) is 2.83. The molecule has 0 bridgehead atoms. The molecular weight excluding hydrogens is 300 g/mol. The maximum atomic E-state index is 5.55. The maximum absolute atomic E-state index is 5.55. The minimum absolute atomic E-state index is 0.0434. The molecule has 0 radical (unpaired) electrons. The van der Waals surface area contributed by atoms with E-state index in [-0.39, 0.29) is 6.10 Å². The Hall–Kier alpha value is -2.25. The average molecular weight is 316 g/mol. The molecule has 0 aliphatic heterocycles. The molecule has 0 aliphatic rings. The average Bonchev–Trinajstić information content (AvgIpc) is 3.20. The Balaban J connectivity index is 1.70. The second-order valence-electron chi connectivity index (χ2n) is 4.70. The number of anilines is 1. The number of nitrogens with zero attached hydrogens (tertiary/aromatic N) is 3. The molecule has 0 fully saturated rings. The normalized spacial score (nSPS) is 12.3. The summed E-state index contributed by atoms with van der Waals surface area (Å²) < 4.78 is 11.0. The standard InChI is InChI=1S/C15H16N4O2S/c1-10-5-6-12(21-10)11-8-17-19-15(18-11)16-9-13(20-2)14-4-3-7-22-14/h3-8,13H,9H2,1-2H3,(H,16,18,19)/t13-/m0/s1. The number of aryl methyl sites for hydroxylation is 1. The Kier molecular flexibility index (Phi) is 4.45. The smallest absolute Gasteiger partial charge is 0.243 e. The highest BCUT2D eigenvalue weighted by Gasteiger charge is 2.13. The van der Waals surface area contributed by atoms with Crippen molar-refractivity contribution in [3.05, 3.63) is 46.5 Å². The van der Waals surface area contributed by atoms with E-state index in [9.17, 15) is 0 Å². The van der Waals surface area contributed by atoms with Gasteiger partial charge in [0.1, 0.15) is 17.6 Å². The molecule has 0 saturated carbocycles. The lowest BCUT2D eigenvalue weighted by atomic mass is 10.3. The Labute approximate surface area is 132 Å². The van der Waals surface area contributed by atoms with Crippen molar-refractivity contribution in [3.8, 4) is 11.5 Å². The van der Waals surface area contributed by atoms with Crippen molar-refractivity contribution in [2.24, 2.45) is 0 Å². The first kappa shape index (κ1) is 14.7. The summed E-state index contributed by atoms with van der Waals surface area (Å²) in [4.78, 5) is 5.57. The van der Waals surface area contributed by atoms with E-state index in [1.807, 2.05) is 36.6 Å². The summed E-state index contributed by atoms with van der Waals surface area (Å²) in [5, 5.41) is 13.1. The van der Waals surface area contributed by atoms with Crippen LogP contribution >= 0.6 is 11.3 Å². The van der Waals surface area contributed by atoms with Crippen LogP contribution in [-0.2, 0) is 4.74 Å². The number of hydrogen-bond donors (Lipinski definition) is 1. The van der Waals surface area contributed by atoms with Gasteiger partial charge in [0.2, 0.25) is 5.95 Å². The quantitative estimate of drug-likeness (QED) is 0.752. The van der Waals surface area contributed by atoms with Gasteiger partial charge in [0.15, 0.2) is 5.76 Å². The highest BCUT2D eigenvalue weighted by atomic mass is 32.1. The van der Waals surface area contributed by atoms with Crippen molar-refractivity contribution in [3.63, 3.8) is 0 Å². The van der Waals surface area contributed by atoms with E-state index in [1.165, 1.54) is 0 Å². The van der Waals surface area contributed by atoms with Crippen LogP contribution in [0.25, 0.3) is 11.5 Å². The second kappa shape index (κ2) is 6.67.